The fourth-order valence-electron chi connectivity index (χ4n) is 1.69. The number of nitrogens with one attached hydrogen (secondary N) is 1. The number of rotatable bonds is 7. The second-order valence-electron chi connectivity index (χ2n) is 3.89. The van der Waals surface area contributed by atoms with E-state index in [1.165, 1.54) is 0 Å². The van der Waals surface area contributed by atoms with Crippen molar-refractivity contribution < 1.29 is 5.11 Å². The predicted octanol–water partition coefficient (Wildman–Crippen LogP) is 3.05. The number of anilines is 1. The number of halogens is 1. The van der Waals surface area contributed by atoms with Gasteiger partial charge in [0.05, 0.1) is 0 Å². The molecular formula is C12H19BrN2O. The van der Waals surface area contributed by atoms with Crippen molar-refractivity contribution in [2.45, 2.75) is 26.2 Å². The van der Waals surface area contributed by atoms with Crippen molar-refractivity contribution in [3.05, 3.63) is 22.8 Å². The molecule has 0 saturated carbocycles. The molecule has 0 spiro atoms. The minimum absolute atomic E-state index is 0.262. The molecule has 1 rings (SSSR count). The first-order valence-corrected chi connectivity index (χ1v) is 6.52. The van der Waals surface area contributed by atoms with Crippen molar-refractivity contribution in [2.75, 3.05) is 18.5 Å². The number of hydrogen-bond acceptors (Lipinski definition) is 3. The molecule has 1 heterocycles. The minimum Gasteiger partial charge on any atom is -0.396 e. The van der Waals surface area contributed by atoms with Crippen LogP contribution < -0.4 is 5.32 Å². The van der Waals surface area contributed by atoms with Crippen molar-refractivity contribution in [3.63, 3.8) is 0 Å². The van der Waals surface area contributed by atoms with Crippen molar-refractivity contribution in [3.8, 4) is 0 Å². The Bertz CT molecular complexity index is 301. The summed E-state index contributed by atoms with van der Waals surface area (Å²) in [5.74, 6) is 1.41. The van der Waals surface area contributed by atoms with Crippen LogP contribution in [0.4, 0.5) is 5.82 Å². The topological polar surface area (TPSA) is 45.1 Å². The minimum atomic E-state index is 0.262. The van der Waals surface area contributed by atoms with E-state index in [1.54, 1.807) is 0 Å². The highest BCUT2D eigenvalue weighted by molar-refractivity contribution is 9.10. The normalized spacial score (nSPS) is 12.4. The van der Waals surface area contributed by atoms with E-state index in [1.807, 2.05) is 18.2 Å². The van der Waals surface area contributed by atoms with Crippen LogP contribution in [0.15, 0.2) is 22.8 Å². The molecule has 0 aliphatic heterocycles. The van der Waals surface area contributed by atoms with E-state index in [0.29, 0.717) is 5.92 Å². The lowest BCUT2D eigenvalue weighted by Gasteiger charge is -2.15. The highest BCUT2D eigenvalue weighted by Gasteiger charge is 2.07. The Morgan fingerprint density at radius 3 is 2.88 bits per heavy atom. The Balaban J connectivity index is 2.41. The van der Waals surface area contributed by atoms with E-state index in [-0.39, 0.29) is 6.61 Å². The third kappa shape index (κ3) is 4.94. The molecule has 0 aromatic carbocycles. The first-order chi connectivity index (χ1) is 7.76. The summed E-state index contributed by atoms with van der Waals surface area (Å²) in [7, 11) is 0. The molecule has 0 amide bonds. The lowest BCUT2D eigenvalue weighted by Crippen LogP contribution is -2.16. The number of pyridine rings is 1. The molecule has 2 N–H and O–H groups in total. The van der Waals surface area contributed by atoms with Gasteiger partial charge in [-0.2, -0.15) is 0 Å². The van der Waals surface area contributed by atoms with Crippen LogP contribution in [0.2, 0.25) is 0 Å². The fourth-order valence-corrected chi connectivity index (χ4v) is 2.04. The first kappa shape index (κ1) is 13.5. The highest BCUT2D eigenvalue weighted by Crippen LogP contribution is 2.14. The van der Waals surface area contributed by atoms with Gasteiger partial charge in [0.15, 0.2) is 0 Å². The van der Waals surface area contributed by atoms with Gasteiger partial charge < -0.3 is 10.4 Å². The van der Waals surface area contributed by atoms with Crippen molar-refractivity contribution >= 4 is 21.7 Å². The largest absolute Gasteiger partial charge is 0.396 e. The summed E-state index contributed by atoms with van der Waals surface area (Å²) in [6, 6.07) is 5.81. The van der Waals surface area contributed by atoms with Gasteiger partial charge in [0.2, 0.25) is 0 Å². The maximum Gasteiger partial charge on any atom is 0.127 e. The third-order valence-corrected chi connectivity index (χ3v) is 2.96. The van der Waals surface area contributed by atoms with Gasteiger partial charge in [-0.1, -0.05) is 19.4 Å². The van der Waals surface area contributed by atoms with Gasteiger partial charge in [-0.05, 0) is 46.8 Å². The monoisotopic (exact) mass is 286 g/mol. The Kier molecular flexibility index (Phi) is 6.42. The quantitative estimate of drug-likeness (QED) is 0.758. The van der Waals surface area contributed by atoms with Gasteiger partial charge in [-0.3, -0.25) is 0 Å². The van der Waals surface area contributed by atoms with Gasteiger partial charge in [-0.25, -0.2) is 4.98 Å². The van der Waals surface area contributed by atoms with E-state index in [2.05, 4.69) is 33.2 Å². The molecule has 4 heteroatoms. The zero-order chi connectivity index (χ0) is 11.8. The van der Waals surface area contributed by atoms with Crippen LogP contribution in [0.3, 0.4) is 0 Å². The summed E-state index contributed by atoms with van der Waals surface area (Å²) in [6.45, 7) is 3.30. The molecule has 0 fully saturated rings. The van der Waals surface area contributed by atoms with Gasteiger partial charge >= 0.3 is 0 Å². The average molecular weight is 287 g/mol. The standard InChI is InChI=1S/C12H19BrN2O/c1-2-4-10(7-8-16)9-14-12-6-3-5-11(13)15-12/h3,5-6,10,16H,2,4,7-9H2,1H3,(H,14,15). The third-order valence-electron chi connectivity index (χ3n) is 2.52. The summed E-state index contributed by atoms with van der Waals surface area (Å²) in [5, 5.41) is 12.3. The molecule has 1 atom stereocenters. The highest BCUT2D eigenvalue weighted by atomic mass is 79.9. The molecule has 1 unspecified atom stereocenters. The van der Waals surface area contributed by atoms with Crippen LogP contribution in [-0.2, 0) is 0 Å². The molecule has 90 valence electrons. The zero-order valence-electron chi connectivity index (χ0n) is 9.62. The van der Waals surface area contributed by atoms with Crippen LogP contribution >= 0.6 is 15.9 Å². The van der Waals surface area contributed by atoms with Crippen LogP contribution in [-0.4, -0.2) is 23.2 Å². The molecule has 0 aliphatic rings. The van der Waals surface area contributed by atoms with E-state index in [0.717, 1.165) is 36.2 Å². The molecule has 0 saturated heterocycles. The Morgan fingerprint density at radius 1 is 1.44 bits per heavy atom. The Morgan fingerprint density at radius 2 is 2.25 bits per heavy atom. The maximum absolute atomic E-state index is 8.95. The van der Waals surface area contributed by atoms with Crippen LogP contribution in [0, 0.1) is 5.92 Å². The Labute approximate surface area is 105 Å². The number of aromatic nitrogens is 1. The van der Waals surface area contributed by atoms with E-state index < -0.39 is 0 Å². The number of hydrogen-bond donors (Lipinski definition) is 2. The van der Waals surface area contributed by atoms with Crippen molar-refractivity contribution in [2.24, 2.45) is 5.92 Å². The van der Waals surface area contributed by atoms with Crippen molar-refractivity contribution in [1.82, 2.24) is 4.98 Å². The molecule has 0 aliphatic carbocycles. The van der Waals surface area contributed by atoms with Gasteiger partial charge in [0.25, 0.3) is 0 Å². The molecule has 3 nitrogen and oxygen atoms in total. The van der Waals surface area contributed by atoms with Crippen LogP contribution in [0.25, 0.3) is 0 Å². The lowest BCUT2D eigenvalue weighted by atomic mass is 10.0. The Hall–Kier alpha value is -0.610. The number of aliphatic hydroxyl groups is 1. The van der Waals surface area contributed by atoms with Gasteiger partial charge in [0.1, 0.15) is 10.4 Å². The number of nitrogens with zero attached hydrogens (tertiary/aromatic N) is 1. The molecule has 0 bridgehead atoms. The summed E-state index contributed by atoms with van der Waals surface area (Å²) < 4.78 is 0.840. The van der Waals surface area contributed by atoms with Gasteiger partial charge in [0, 0.05) is 13.2 Å². The molecule has 0 radical (unpaired) electrons. The second kappa shape index (κ2) is 7.63. The fraction of sp³-hybridized carbons (Fsp3) is 0.583. The average Bonchev–Trinajstić information content (AvgIpc) is 2.27. The lowest BCUT2D eigenvalue weighted by molar-refractivity contribution is 0.255. The zero-order valence-corrected chi connectivity index (χ0v) is 11.2. The second-order valence-corrected chi connectivity index (χ2v) is 4.71. The molecular weight excluding hydrogens is 268 g/mol. The van der Waals surface area contributed by atoms with Crippen LogP contribution in [0.5, 0.6) is 0 Å². The SMILES string of the molecule is CCCC(CCO)CNc1cccc(Br)n1. The van der Waals surface area contributed by atoms with E-state index in [9.17, 15) is 0 Å². The predicted molar refractivity (Wildman–Crippen MR) is 70.5 cm³/mol. The maximum atomic E-state index is 8.95. The molecule has 16 heavy (non-hydrogen) atoms. The smallest absolute Gasteiger partial charge is 0.127 e. The van der Waals surface area contributed by atoms with Crippen LogP contribution in [0.1, 0.15) is 26.2 Å². The van der Waals surface area contributed by atoms with E-state index >= 15 is 0 Å². The summed E-state index contributed by atoms with van der Waals surface area (Å²) in [4.78, 5) is 4.31. The van der Waals surface area contributed by atoms with Gasteiger partial charge in [-0.15, -0.1) is 0 Å². The summed E-state index contributed by atoms with van der Waals surface area (Å²) >= 11 is 3.34. The summed E-state index contributed by atoms with van der Waals surface area (Å²) in [5.41, 5.74) is 0. The van der Waals surface area contributed by atoms with E-state index in [4.69, 9.17) is 5.11 Å². The number of aliphatic hydroxyl groups excluding tert-OH is 1. The first-order valence-electron chi connectivity index (χ1n) is 5.73. The molecule has 1 aromatic heterocycles. The molecule has 1 aromatic rings. The summed E-state index contributed by atoms with van der Waals surface area (Å²) in [6.07, 6.45) is 3.15. The van der Waals surface area contributed by atoms with Crippen molar-refractivity contribution in [1.29, 1.82) is 0 Å².